The molecule has 0 saturated heterocycles. The Kier molecular flexibility index (Phi) is 8.50. The molecule has 0 aromatic rings. The maximum Gasteiger partial charge on any atom is 0.330 e. The van der Waals surface area contributed by atoms with Gasteiger partial charge in [-0.1, -0.05) is 13.0 Å². The van der Waals surface area contributed by atoms with Crippen molar-refractivity contribution in [1.82, 2.24) is 0 Å². The molecular formula is C15H34O4Si3. The van der Waals surface area contributed by atoms with Crippen molar-refractivity contribution in [3.63, 3.8) is 0 Å². The van der Waals surface area contributed by atoms with Gasteiger partial charge in [0.25, 0.3) is 0 Å². The Morgan fingerprint density at radius 3 is 1.82 bits per heavy atom. The van der Waals surface area contributed by atoms with Crippen LogP contribution in [-0.2, 0) is 17.8 Å². The third-order valence-corrected chi connectivity index (χ3v) is 12.4. The van der Waals surface area contributed by atoms with Crippen molar-refractivity contribution in [2.75, 3.05) is 6.61 Å². The first-order valence-electron chi connectivity index (χ1n) is 7.96. The number of rotatable bonds is 9. The van der Waals surface area contributed by atoms with Gasteiger partial charge in [0.2, 0.25) is 0 Å². The van der Waals surface area contributed by atoms with Gasteiger partial charge < -0.3 is 13.0 Å². The van der Waals surface area contributed by atoms with Gasteiger partial charge in [0.05, 0.1) is 6.61 Å². The predicted molar refractivity (Wildman–Crippen MR) is 100 cm³/mol. The number of hydrogen-bond donors (Lipinski definition) is 0. The Morgan fingerprint density at radius 1 is 1.00 bits per heavy atom. The standard InChI is InChI=1S/C15H34O4Si3/c1-10-11-15(16)17-12-14(2)13-22(9,18-20(3,4)5)19-21(6,7)8/h10-11,14H,12-13H2,1-9H3. The van der Waals surface area contributed by atoms with Gasteiger partial charge in [-0.3, -0.25) is 0 Å². The number of carbonyl (C=O) groups excluding carboxylic acids is 1. The summed E-state index contributed by atoms with van der Waals surface area (Å²) in [6.45, 7) is 19.7. The molecule has 0 aromatic heterocycles. The Labute approximate surface area is 139 Å². The minimum absolute atomic E-state index is 0.235. The van der Waals surface area contributed by atoms with Crippen molar-refractivity contribution < 1.29 is 17.8 Å². The molecule has 0 amide bonds. The van der Waals surface area contributed by atoms with E-state index in [0.717, 1.165) is 6.04 Å². The summed E-state index contributed by atoms with van der Waals surface area (Å²) in [6, 6.07) is 0.852. The number of ether oxygens (including phenoxy) is 1. The SMILES string of the molecule is CC=CC(=O)OCC(C)C[Si](C)(O[Si](C)(C)C)O[Si](C)(C)C. The fourth-order valence-corrected chi connectivity index (χ4v) is 15.5. The van der Waals surface area contributed by atoms with Crippen LogP contribution in [0.25, 0.3) is 0 Å². The Bertz CT molecular complexity index is 367. The number of allylic oxidation sites excluding steroid dienone is 1. The van der Waals surface area contributed by atoms with Crippen LogP contribution in [-0.4, -0.2) is 37.8 Å². The van der Waals surface area contributed by atoms with Crippen LogP contribution in [0.3, 0.4) is 0 Å². The Morgan fingerprint density at radius 2 is 1.45 bits per heavy atom. The van der Waals surface area contributed by atoms with E-state index in [4.69, 9.17) is 13.0 Å². The van der Waals surface area contributed by atoms with Gasteiger partial charge in [0.1, 0.15) is 0 Å². The van der Waals surface area contributed by atoms with E-state index in [-0.39, 0.29) is 11.9 Å². The van der Waals surface area contributed by atoms with Crippen LogP contribution in [0, 0.1) is 5.92 Å². The summed E-state index contributed by atoms with van der Waals surface area (Å²) in [4.78, 5) is 11.4. The van der Waals surface area contributed by atoms with E-state index < -0.39 is 25.2 Å². The van der Waals surface area contributed by atoms with Crippen molar-refractivity contribution in [2.45, 2.75) is 65.7 Å². The molecule has 0 aliphatic carbocycles. The molecule has 0 spiro atoms. The fraction of sp³-hybridized carbons (Fsp3) is 0.800. The lowest BCUT2D eigenvalue weighted by Gasteiger charge is -2.39. The third kappa shape index (κ3) is 11.4. The number of esters is 1. The van der Waals surface area contributed by atoms with Crippen LogP contribution in [0.4, 0.5) is 0 Å². The zero-order valence-electron chi connectivity index (χ0n) is 15.8. The molecule has 0 bridgehead atoms. The molecule has 0 radical (unpaired) electrons. The molecule has 0 heterocycles. The second-order valence-corrected chi connectivity index (χ2v) is 20.8. The van der Waals surface area contributed by atoms with E-state index in [0.29, 0.717) is 6.61 Å². The van der Waals surface area contributed by atoms with Gasteiger partial charge in [-0.15, -0.1) is 0 Å². The summed E-state index contributed by atoms with van der Waals surface area (Å²) in [5.41, 5.74) is 0. The van der Waals surface area contributed by atoms with Gasteiger partial charge >= 0.3 is 14.5 Å². The highest BCUT2D eigenvalue weighted by Crippen LogP contribution is 2.27. The molecule has 22 heavy (non-hydrogen) atoms. The summed E-state index contributed by atoms with van der Waals surface area (Å²) in [5, 5.41) is 0. The molecule has 4 nitrogen and oxygen atoms in total. The molecule has 1 atom stereocenters. The molecule has 0 fully saturated rings. The molecular weight excluding hydrogens is 328 g/mol. The van der Waals surface area contributed by atoms with Gasteiger partial charge in [-0.2, -0.15) is 0 Å². The summed E-state index contributed by atoms with van der Waals surface area (Å²) in [7, 11) is -5.61. The molecule has 0 saturated carbocycles. The monoisotopic (exact) mass is 362 g/mol. The van der Waals surface area contributed by atoms with Crippen LogP contribution in [0.15, 0.2) is 12.2 Å². The lowest BCUT2D eigenvalue weighted by atomic mass is 10.2. The van der Waals surface area contributed by atoms with E-state index in [1.165, 1.54) is 6.08 Å². The van der Waals surface area contributed by atoms with Crippen LogP contribution in [0.5, 0.6) is 0 Å². The van der Waals surface area contributed by atoms with E-state index in [9.17, 15) is 4.79 Å². The van der Waals surface area contributed by atoms with Crippen LogP contribution < -0.4 is 0 Å². The largest absolute Gasteiger partial charge is 0.462 e. The predicted octanol–water partition coefficient (Wildman–Crippen LogP) is 4.52. The Balaban J connectivity index is 4.79. The third-order valence-electron chi connectivity index (χ3n) is 2.58. The summed E-state index contributed by atoms with van der Waals surface area (Å²) < 4.78 is 18.2. The topological polar surface area (TPSA) is 44.8 Å². The maximum atomic E-state index is 11.4. The van der Waals surface area contributed by atoms with Crippen LogP contribution in [0.1, 0.15) is 13.8 Å². The molecule has 7 heteroatoms. The first-order valence-corrected chi connectivity index (χ1v) is 17.3. The maximum absolute atomic E-state index is 11.4. The van der Waals surface area contributed by atoms with Crippen molar-refractivity contribution in [3.05, 3.63) is 12.2 Å². The first kappa shape index (κ1) is 21.8. The summed E-state index contributed by atoms with van der Waals surface area (Å²) >= 11 is 0. The van der Waals surface area contributed by atoms with Crippen molar-refractivity contribution in [3.8, 4) is 0 Å². The summed E-state index contributed by atoms with van der Waals surface area (Å²) in [6.07, 6.45) is 3.13. The van der Waals surface area contributed by atoms with Crippen LogP contribution >= 0.6 is 0 Å². The molecule has 0 aliphatic rings. The molecule has 1 unspecified atom stereocenters. The van der Waals surface area contributed by atoms with E-state index >= 15 is 0 Å². The minimum Gasteiger partial charge on any atom is -0.462 e. The van der Waals surface area contributed by atoms with Crippen LogP contribution in [0.2, 0.25) is 51.9 Å². The molecule has 0 rings (SSSR count). The van der Waals surface area contributed by atoms with Crippen molar-refractivity contribution >= 4 is 31.2 Å². The van der Waals surface area contributed by atoms with E-state index in [1.54, 1.807) is 13.0 Å². The highest BCUT2D eigenvalue weighted by Gasteiger charge is 2.41. The number of hydrogen-bond acceptors (Lipinski definition) is 4. The summed E-state index contributed by atoms with van der Waals surface area (Å²) in [5.74, 6) is -0.0477. The Hall–Kier alpha value is -0.219. The van der Waals surface area contributed by atoms with Gasteiger partial charge in [-0.05, 0) is 64.7 Å². The quantitative estimate of drug-likeness (QED) is 0.344. The normalized spacial score (nSPS) is 15.1. The average molecular weight is 363 g/mol. The average Bonchev–Trinajstić information content (AvgIpc) is 2.20. The highest BCUT2D eigenvalue weighted by atomic mass is 28.5. The lowest BCUT2D eigenvalue weighted by molar-refractivity contribution is -0.138. The lowest BCUT2D eigenvalue weighted by Crippen LogP contribution is -2.53. The highest BCUT2D eigenvalue weighted by molar-refractivity contribution is 6.87. The van der Waals surface area contributed by atoms with Gasteiger partial charge in [-0.25, -0.2) is 4.79 Å². The zero-order valence-corrected chi connectivity index (χ0v) is 18.8. The van der Waals surface area contributed by atoms with Gasteiger partial charge in [0.15, 0.2) is 16.6 Å². The second-order valence-electron chi connectivity index (χ2n) is 8.00. The van der Waals surface area contributed by atoms with Crippen molar-refractivity contribution in [1.29, 1.82) is 0 Å². The zero-order chi connectivity index (χ0) is 17.6. The fourth-order valence-electron chi connectivity index (χ4n) is 2.50. The molecule has 0 N–H and O–H groups in total. The minimum atomic E-state index is -2.26. The smallest absolute Gasteiger partial charge is 0.330 e. The second kappa shape index (κ2) is 8.58. The van der Waals surface area contributed by atoms with Crippen molar-refractivity contribution in [2.24, 2.45) is 5.92 Å². The van der Waals surface area contributed by atoms with Gasteiger partial charge in [0, 0.05) is 6.08 Å². The number of carbonyl (C=O) groups is 1. The molecule has 0 aromatic carbocycles. The molecule has 0 aliphatic heterocycles. The molecule has 130 valence electrons. The first-order chi connectivity index (χ1) is 9.76. The van der Waals surface area contributed by atoms with E-state index in [2.05, 4.69) is 52.8 Å². The van der Waals surface area contributed by atoms with E-state index in [1.807, 2.05) is 0 Å².